The minimum absolute atomic E-state index is 0.204. The molecule has 1 aromatic carbocycles. The summed E-state index contributed by atoms with van der Waals surface area (Å²) in [7, 11) is 0. The van der Waals surface area contributed by atoms with E-state index in [4.69, 9.17) is 10.5 Å². The summed E-state index contributed by atoms with van der Waals surface area (Å²) in [6.07, 6.45) is -4.58. The molecule has 2 aromatic rings. The van der Waals surface area contributed by atoms with Crippen LogP contribution in [0.25, 0.3) is 0 Å². The van der Waals surface area contributed by atoms with Crippen LogP contribution in [0.1, 0.15) is 11.4 Å². The van der Waals surface area contributed by atoms with Crippen molar-refractivity contribution in [2.75, 3.05) is 5.73 Å². The molecule has 9 heteroatoms. The zero-order valence-corrected chi connectivity index (χ0v) is 11.9. The van der Waals surface area contributed by atoms with E-state index < -0.39 is 12.0 Å². The highest BCUT2D eigenvalue weighted by Crippen LogP contribution is 2.36. The first-order valence-corrected chi connectivity index (χ1v) is 6.48. The minimum atomic E-state index is -4.58. The molecular weight excluding hydrogens is 347 g/mol. The van der Waals surface area contributed by atoms with Gasteiger partial charge in [-0.1, -0.05) is 15.9 Å². The number of halogens is 4. The van der Waals surface area contributed by atoms with Crippen molar-refractivity contribution in [1.82, 2.24) is 9.36 Å². The van der Waals surface area contributed by atoms with Crippen molar-refractivity contribution in [2.45, 2.75) is 13.1 Å². The second-order valence-electron chi connectivity index (χ2n) is 3.62. The number of aryl methyl sites for hydroxylation is 1. The minimum Gasteiger partial charge on any atom is -0.427 e. The highest BCUT2D eigenvalue weighted by Gasteiger charge is 2.36. The molecule has 0 spiro atoms. The first-order chi connectivity index (χ1) is 8.77. The fourth-order valence-corrected chi connectivity index (χ4v) is 2.50. The van der Waals surface area contributed by atoms with Crippen LogP contribution >= 0.6 is 27.5 Å². The maximum Gasteiger partial charge on any atom is 0.452 e. The zero-order chi connectivity index (χ0) is 14.2. The van der Waals surface area contributed by atoms with Crippen molar-refractivity contribution < 1.29 is 17.9 Å². The number of nitrogens with two attached hydrogens (primary N) is 1. The van der Waals surface area contributed by atoms with Gasteiger partial charge in [-0.05, 0) is 24.6 Å². The molecule has 1 heterocycles. The number of benzene rings is 1. The molecule has 0 aliphatic heterocycles. The van der Waals surface area contributed by atoms with Crippen LogP contribution in [0.3, 0.4) is 0 Å². The van der Waals surface area contributed by atoms with Gasteiger partial charge < -0.3 is 10.5 Å². The van der Waals surface area contributed by atoms with E-state index in [0.29, 0.717) is 22.8 Å². The van der Waals surface area contributed by atoms with E-state index in [0.717, 1.165) is 4.47 Å². The summed E-state index contributed by atoms with van der Waals surface area (Å²) in [5.41, 5.74) is 6.72. The smallest absolute Gasteiger partial charge is 0.427 e. The topological polar surface area (TPSA) is 61.0 Å². The Morgan fingerprint density at radius 1 is 1.37 bits per heavy atom. The predicted molar refractivity (Wildman–Crippen MR) is 68.3 cm³/mol. The Labute approximate surface area is 118 Å². The van der Waals surface area contributed by atoms with E-state index in [9.17, 15) is 13.2 Å². The van der Waals surface area contributed by atoms with E-state index in [1.54, 1.807) is 19.1 Å². The highest BCUT2D eigenvalue weighted by molar-refractivity contribution is 9.10. The molecule has 0 aliphatic rings. The summed E-state index contributed by atoms with van der Waals surface area (Å²) in [5.74, 6) is -0.950. The van der Waals surface area contributed by atoms with E-state index in [1.807, 2.05) is 0 Å². The quantitative estimate of drug-likeness (QED) is 0.828. The van der Waals surface area contributed by atoms with Crippen molar-refractivity contribution in [3.63, 3.8) is 0 Å². The number of alkyl halides is 3. The maximum atomic E-state index is 12.3. The molecule has 2 rings (SSSR count). The summed E-state index contributed by atoms with van der Waals surface area (Å²) in [6.45, 7) is 1.72. The van der Waals surface area contributed by atoms with Gasteiger partial charge in [0.15, 0.2) is 5.75 Å². The third-order valence-corrected chi connectivity index (χ3v) is 3.17. The van der Waals surface area contributed by atoms with Gasteiger partial charge in [0.1, 0.15) is 0 Å². The van der Waals surface area contributed by atoms with Gasteiger partial charge in [0.2, 0.25) is 0 Å². The van der Waals surface area contributed by atoms with E-state index in [-0.39, 0.29) is 10.9 Å². The van der Waals surface area contributed by atoms with Crippen LogP contribution in [-0.2, 0) is 6.18 Å². The summed E-state index contributed by atoms with van der Waals surface area (Å²) < 4.78 is 46.3. The molecule has 0 unspecified atom stereocenters. The monoisotopic (exact) mass is 353 g/mol. The van der Waals surface area contributed by atoms with E-state index in [1.165, 1.54) is 0 Å². The molecule has 0 atom stereocenters. The van der Waals surface area contributed by atoms with Crippen LogP contribution < -0.4 is 10.5 Å². The molecule has 102 valence electrons. The van der Waals surface area contributed by atoms with Crippen LogP contribution in [0, 0.1) is 6.92 Å². The molecule has 0 amide bonds. The lowest BCUT2D eigenvalue weighted by atomic mass is 10.2. The molecular formula is C10H7BrF3N3OS. The molecule has 0 saturated carbocycles. The summed E-state index contributed by atoms with van der Waals surface area (Å²) in [5, 5.41) is -0.204. The number of aromatic nitrogens is 2. The molecule has 0 bridgehead atoms. The lowest BCUT2D eigenvalue weighted by molar-refractivity contribution is -0.144. The fourth-order valence-electron chi connectivity index (χ4n) is 1.35. The summed E-state index contributed by atoms with van der Waals surface area (Å²) in [6, 6.07) is 3.32. The molecule has 4 nitrogen and oxygen atoms in total. The molecule has 1 aromatic heterocycles. The van der Waals surface area contributed by atoms with Gasteiger partial charge in [-0.25, -0.2) is 0 Å². The van der Waals surface area contributed by atoms with Crippen LogP contribution in [0.4, 0.5) is 18.9 Å². The predicted octanol–water partition coefficient (Wildman–Crippen LogP) is 4.00. The average molecular weight is 354 g/mol. The van der Waals surface area contributed by atoms with Gasteiger partial charge in [0, 0.05) is 16.0 Å². The van der Waals surface area contributed by atoms with Crippen molar-refractivity contribution in [1.29, 1.82) is 0 Å². The number of anilines is 1. The number of hydrogen-bond acceptors (Lipinski definition) is 5. The van der Waals surface area contributed by atoms with Gasteiger partial charge in [-0.3, -0.25) is 0 Å². The normalized spacial score (nSPS) is 11.6. The number of rotatable bonds is 2. The van der Waals surface area contributed by atoms with Crippen LogP contribution in [0.5, 0.6) is 10.9 Å². The summed E-state index contributed by atoms with van der Waals surface area (Å²) in [4.78, 5) is 3.27. The van der Waals surface area contributed by atoms with Gasteiger partial charge >= 0.3 is 6.18 Å². The van der Waals surface area contributed by atoms with Crippen molar-refractivity contribution in [3.8, 4) is 10.9 Å². The third-order valence-electron chi connectivity index (χ3n) is 2.12. The van der Waals surface area contributed by atoms with Gasteiger partial charge in [0.25, 0.3) is 11.0 Å². The van der Waals surface area contributed by atoms with Gasteiger partial charge in [-0.15, -0.1) is 0 Å². The number of hydrogen-bond donors (Lipinski definition) is 1. The Kier molecular flexibility index (Phi) is 3.68. The lowest BCUT2D eigenvalue weighted by Crippen LogP contribution is -2.07. The molecule has 2 N–H and O–H groups in total. The Balaban J connectivity index is 2.30. The molecule has 0 aliphatic carbocycles. The maximum absolute atomic E-state index is 12.3. The Morgan fingerprint density at radius 2 is 2.05 bits per heavy atom. The first kappa shape index (κ1) is 14.1. The first-order valence-electron chi connectivity index (χ1n) is 4.92. The van der Waals surface area contributed by atoms with Gasteiger partial charge in [-0.2, -0.15) is 22.5 Å². The molecule has 0 saturated heterocycles. The van der Waals surface area contributed by atoms with Crippen molar-refractivity contribution >= 4 is 33.1 Å². The van der Waals surface area contributed by atoms with Crippen LogP contribution in [0.15, 0.2) is 16.6 Å². The SMILES string of the molecule is Cc1cc(Br)cc(N)c1Oc1nc(C(F)(F)F)ns1. The molecule has 0 fully saturated rings. The standard InChI is InChI=1S/C10H7BrF3N3OS/c1-4-2-5(11)3-6(15)7(4)18-9-16-8(17-19-9)10(12,13)14/h2-3H,15H2,1H3. The molecule has 0 radical (unpaired) electrons. The Morgan fingerprint density at radius 3 is 2.58 bits per heavy atom. The van der Waals surface area contributed by atoms with Crippen molar-refractivity contribution in [2.24, 2.45) is 0 Å². The third kappa shape index (κ3) is 3.16. The number of nitrogen functional groups attached to an aromatic ring is 1. The number of nitrogens with zero attached hydrogens (tertiary/aromatic N) is 2. The Bertz CT molecular complexity index is 591. The Hall–Kier alpha value is -1.35. The largest absolute Gasteiger partial charge is 0.452 e. The fraction of sp³-hybridized carbons (Fsp3) is 0.200. The van der Waals surface area contributed by atoms with Gasteiger partial charge in [0.05, 0.1) is 5.69 Å². The lowest BCUT2D eigenvalue weighted by Gasteiger charge is -2.09. The van der Waals surface area contributed by atoms with Crippen LogP contribution in [0.2, 0.25) is 0 Å². The number of ether oxygens (including phenoxy) is 1. The highest BCUT2D eigenvalue weighted by atomic mass is 79.9. The zero-order valence-electron chi connectivity index (χ0n) is 9.45. The second-order valence-corrected chi connectivity index (χ2v) is 5.25. The van der Waals surface area contributed by atoms with Crippen molar-refractivity contribution in [3.05, 3.63) is 28.0 Å². The molecule has 19 heavy (non-hydrogen) atoms. The summed E-state index contributed by atoms with van der Waals surface area (Å²) >= 11 is 3.78. The second kappa shape index (κ2) is 4.97. The van der Waals surface area contributed by atoms with Crippen LogP contribution in [-0.4, -0.2) is 9.36 Å². The van der Waals surface area contributed by atoms with E-state index in [2.05, 4.69) is 25.3 Å². The van der Waals surface area contributed by atoms with E-state index >= 15 is 0 Å². The average Bonchev–Trinajstić information content (AvgIpc) is 2.71.